The molecule has 10 heteroatoms. The molecule has 5 atom stereocenters. The third-order valence-corrected chi connectivity index (χ3v) is 4.01. The summed E-state index contributed by atoms with van der Waals surface area (Å²) in [4.78, 5) is 1.03. The number of nitrogens with zero attached hydrogens (tertiary/aromatic N) is 1. The van der Waals surface area contributed by atoms with Crippen LogP contribution in [0.2, 0.25) is 0 Å². The molecule has 0 aliphatic rings. The monoisotopic (exact) mass is 279 g/mol. The molecular formula is C5H13NO6S3. The van der Waals surface area contributed by atoms with Crippen LogP contribution in [-0.4, -0.2) is 47.8 Å². The molecule has 0 saturated carbocycles. The minimum Gasteiger partial charge on any atom is -0.305 e. The highest BCUT2D eigenvalue weighted by atomic mass is 32.2. The SMILES string of the molecule is CC(N(CS(=O)O)C(C)S(=O)O)S(=O)O. The van der Waals surface area contributed by atoms with E-state index in [0.29, 0.717) is 0 Å². The first-order valence-corrected chi connectivity index (χ1v) is 7.41. The third-order valence-electron chi connectivity index (χ3n) is 1.78. The first-order chi connectivity index (χ1) is 6.77. The van der Waals surface area contributed by atoms with Gasteiger partial charge in [0.15, 0.2) is 33.2 Å². The Morgan fingerprint density at radius 2 is 1.33 bits per heavy atom. The molecule has 0 heterocycles. The third kappa shape index (κ3) is 5.24. The summed E-state index contributed by atoms with van der Waals surface area (Å²) < 4.78 is 58.3. The zero-order chi connectivity index (χ0) is 12.2. The molecule has 0 aromatic heterocycles. The Hall–Kier alpha value is 0.290. The molecule has 0 aromatic carbocycles. The fourth-order valence-corrected chi connectivity index (χ4v) is 2.81. The average Bonchev–Trinajstić information content (AvgIpc) is 2.11. The lowest BCUT2D eigenvalue weighted by Crippen LogP contribution is -2.45. The highest BCUT2D eigenvalue weighted by Crippen LogP contribution is 2.10. The van der Waals surface area contributed by atoms with Gasteiger partial charge in [-0.25, -0.2) is 12.6 Å². The van der Waals surface area contributed by atoms with Crippen molar-refractivity contribution in [2.45, 2.75) is 24.6 Å². The van der Waals surface area contributed by atoms with Crippen molar-refractivity contribution in [1.29, 1.82) is 0 Å². The van der Waals surface area contributed by atoms with E-state index in [1.54, 1.807) is 0 Å². The summed E-state index contributed by atoms with van der Waals surface area (Å²) in [5, 5.41) is -1.99. The van der Waals surface area contributed by atoms with E-state index in [1.165, 1.54) is 13.8 Å². The molecule has 0 bridgehead atoms. The second-order valence-electron chi connectivity index (χ2n) is 2.72. The summed E-state index contributed by atoms with van der Waals surface area (Å²) in [6.45, 7) is 2.65. The molecular weight excluding hydrogens is 266 g/mol. The topological polar surface area (TPSA) is 115 Å². The van der Waals surface area contributed by atoms with E-state index in [4.69, 9.17) is 13.7 Å². The highest BCUT2D eigenvalue weighted by Gasteiger charge is 2.28. The molecule has 15 heavy (non-hydrogen) atoms. The minimum absolute atomic E-state index is 0.457. The Bertz CT molecular complexity index is 264. The summed E-state index contributed by atoms with van der Waals surface area (Å²) in [7, 11) is 0. The van der Waals surface area contributed by atoms with E-state index in [1.807, 2.05) is 0 Å². The van der Waals surface area contributed by atoms with Gasteiger partial charge in [-0.05, 0) is 13.8 Å². The van der Waals surface area contributed by atoms with E-state index >= 15 is 0 Å². The van der Waals surface area contributed by atoms with Crippen LogP contribution in [0.1, 0.15) is 13.8 Å². The fourth-order valence-electron chi connectivity index (χ4n) is 0.865. The molecule has 7 nitrogen and oxygen atoms in total. The predicted octanol–water partition coefficient (Wildman–Crippen LogP) is -0.397. The van der Waals surface area contributed by atoms with Gasteiger partial charge in [-0.3, -0.25) is 4.90 Å². The van der Waals surface area contributed by atoms with E-state index in [2.05, 4.69) is 0 Å². The maximum absolute atomic E-state index is 10.8. The standard InChI is InChI=1S/C5H13NO6S3/c1-4(14(9)10)6(3-13(7)8)5(2)15(11)12/h4-5H,3H2,1-2H3,(H,7,8)(H,9,10)(H,11,12). The Balaban J connectivity index is 4.79. The van der Waals surface area contributed by atoms with Crippen molar-refractivity contribution in [1.82, 2.24) is 4.90 Å². The lowest BCUT2D eigenvalue weighted by atomic mass is 10.6. The van der Waals surface area contributed by atoms with Crippen molar-refractivity contribution in [3.63, 3.8) is 0 Å². The van der Waals surface area contributed by atoms with Gasteiger partial charge in [-0.15, -0.1) is 0 Å². The van der Waals surface area contributed by atoms with Crippen molar-refractivity contribution in [3.8, 4) is 0 Å². The molecule has 3 N–H and O–H groups in total. The van der Waals surface area contributed by atoms with Crippen LogP contribution in [0.5, 0.6) is 0 Å². The Kier molecular flexibility index (Phi) is 6.91. The first-order valence-electron chi connectivity index (χ1n) is 3.80. The van der Waals surface area contributed by atoms with Crippen molar-refractivity contribution in [2.75, 3.05) is 5.88 Å². The van der Waals surface area contributed by atoms with Crippen LogP contribution in [0, 0.1) is 0 Å². The lowest BCUT2D eigenvalue weighted by Gasteiger charge is -2.28. The minimum atomic E-state index is -2.26. The normalized spacial score (nSPS) is 22.0. The van der Waals surface area contributed by atoms with Gasteiger partial charge in [0.2, 0.25) is 0 Å². The summed E-state index contributed by atoms with van der Waals surface area (Å²) in [5.41, 5.74) is 0. The molecule has 5 unspecified atom stereocenters. The number of hydrogen-bond acceptors (Lipinski definition) is 4. The molecule has 0 saturated heterocycles. The molecule has 0 radical (unpaired) electrons. The van der Waals surface area contributed by atoms with Crippen LogP contribution in [0.25, 0.3) is 0 Å². The number of hydrogen-bond donors (Lipinski definition) is 3. The maximum Gasteiger partial charge on any atom is 0.170 e. The summed E-state index contributed by atoms with van der Waals surface area (Å²) in [6, 6.07) is 0. The van der Waals surface area contributed by atoms with Crippen molar-refractivity contribution >= 4 is 33.2 Å². The Labute approximate surface area is 95.1 Å². The van der Waals surface area contributed by atoms with Crippen LogP contribution >= 0.6 is 0 Å². The predicted molar refractivity (Wildman–Crippen MR) is 57.9 cm³/mol. The lowest BCUT2D eigenvalue weighted by molar-refractivity contribution is 0.272. The van der Waals surface area contributed by atoms with Gasteiger partial charge < -0.3 is 13.7 Å². The maximum atomic E-state index is 10.8. The van der Waals surface area contributed by atoms with Gasteiger partial charge >= 0.3 is 0 Å². The van der Waals surface area contributed by atoms with Crippen LogP contribution in [-0.2, 0) is 33.2 Å². The largest absolute Gasteiger partial charge is 0.305 e. The highest BCUT2D eigenvalue weighted by molar-refractivity contribution is 7.81. The smallest absolute Gasteiger partial charge is 0.170 e. The molecule has 0 amide bonds. The number of rotatable bonds is 6. The summed E-state index contributed by atoms with van der Waals surface area (Å²) >= 11 is -6.75. The van der Waals surface area contributed by atoms with E-state index in [-0.39, 0.29) is 0 Å². The summed E-state index contributed by atoms with van der Waals surface area (Å²) in [6.07, 6.45) is 0. The van der Waals surface area contributed by atoms with E-state index in [0.717, 1.165) is 4.90 Å². The second kappa shape index (κ2) is 6.78. The molecule has 0 aliphatic heterocycles. The molecule has 0 aromatic rings. The molecule has 0 fully saturated rings. The van der Waals surface area contributed by atoms with Gasteiger partial charge in [0.1, 0.15) is 16.6 Å². The molecule has 0 spiro atoms. The zero-order valence-corrected chi connectivity index (χ0v) is 10.5. The zero-order valence-electron chi connectivity index (χ0n) is 8.10. The van der Waals surface area contributed by atoms with Crippen molar-refractivity contribution in [2.24, 2.45) is 0 Å². The molecule has 0 aliphatic carbocycles. The van der Waals surface area contributed by atoms with Gasteiger partial charge in [0.05, 0.1) is 0 Å². The van der Waals surface area contributed by atoms with Crippen LogP contribution < -0.4 is 0 Å². The van der Waals surface area contributed by atoms with Crippen molar-refractivity contribution < 1.29 is 26.3 Å². The van der Waals surface area contributed by atoms with Gasteiger partial charge in [0.25, 0.3) is 0 Å². The van der Waals surface area contributed by atoms with Crippen LogP contribution in [0.3, 0.4) is 0 Å². The Morgan fingerprint density at radius 3 is 1.53 bits per heavy atom. The fraction of sp³-hybridized carbons (Fsp3) is 1.00. The Morgan fingerprint density at radius 1 is 1.00 bits per heavy atom. The van der Waals surface area contributed by atoms with Gasteiger partial charge in [-0.1, -0.05) is 0 Å². The van der Waals surface area contributed by atoms with E-state index < -0.39 is 49.9 Å². The molecule has 0 rings (SSSR count). The first kappa shape index (κ1) is 15.3. The average molecular weight is 279 g/mol. The van der Waals surface area contributed by atoms with Gasteiger partial charge in [0, 0.05) is 0 Å². The van der Waals surface area contributed by atoms with Crippen molar-refractivity contribution in [3.05, 3.63) is 0 Å². The van der Waals surface area contributed by atoms with Gasteiger partial charge in [-0.2, -0.15) is 0 Å². The van der Waals surface area contributed by atoms with E-state index in [9.17, 15) is 12.6 Å². The summed E-state index contributed by atoms with van der Waals surface area (Å²) in [5.74, 6) is -0.457. The van der Waals surface area contributed by atoms with Crippen LogP contribution in [0.4, 0.5) is 0 Å². The quantitative estimate of drug-likeness (QED) is 0.567. The second-order valence-corrected chi connectivity index (χ2v) is 6.09. The molecule has 92 valence electrons. The van der Waals surface area contributed by atoms with Crippen LogP contribution in [0.15, 0.2) is 0 Å².